The molecule has 5 nitrogen and oxygen atoms in total. The predicted molar refractivity (Wildman–Crippen MR) is 100 cm³/mol. The summed E-state index contributed by atoms with van der Waals surface area (Å²) in [5, 5.41) is 0. The van der Waals surface area contributed by atoms with Crippen LogP contribution in [0.15, 0.2) is 24.3 Å². The SMILES string of the molecule is CCOc1cccc(C(=O)N2CCN(CC3CCCCN3C)CC2)c1. The fourth-order valence-corrected chi connectivity index (χ4v) is 3.87. The van der Waals surface area contributed by atoms with Gasteiger partial charge in [-0.25, -0.2) is 0 Å². The highest BCUT2D eigenvalue weighted by atomic mass is 16.5. The van der Waals surface area contributed by atoms with Gasteiger partial charge in [-0.2, -0.15) is 0 Å². The van der Waals surface area contributed by atoms with E-state index < -0.39 is 0 Å². The highest BCUT2D eigenvalue weighted by Gasteiger charge is 2.26. The molecule has 2 heterocycles. The number of benzene rings is 1. The van der Waals surface area contributed by atoms with Crippen molar-refractivity contribution in [1.29, 1.82) is 0 Å². The first kappa shape index (κ1) is 18.2. The second-order valence-corrected chi connectivity index (χ2v) is 7.18. The van der Waals surface area contributed by atoms with Gasteiger partial charge >= 0.3 is 0 Å². The first-order valence-corrected chi connectivity index (χ1v) is 9.62. The van der Waals surface area contributed by atoms with E-state index in [9.17, 15) is 4.79 Å². The normalized spacial score (nSPS) is 22.8. The van der Waals surface area contributed by atoms with Crippen LogP contribution in [0.2, 0.25) is 0 Å². The number of likely N-dealkylation sites (N-methyl/N-ethyl adjacent to an activating group) is 1. The van der Waals surface area contributed by atoms with Crippen LogP contribution >= 0.6 is 0 Å². The Morgan fingerprint density at radius 3 is 2.68 bits per heavy atom. The molecule has 0 aromatic heterocycles. The summed E-state index contributed by atoms with van der Waals surface area (Å²) >= 11 is 0. The second-order valence-electron chi connectivity index (χ2n) is 7.18. The first-order valence-electron chi connectivity index (χ1n) is 9.62. The number of hydrogen-bond donors (Lipinski definition) is 0. The molecule has 0 bridgehead atoms. The van der Waals surface area contributed by atoms with E-state index in [2.05, 4.69) is 16.8 Å². The molecule has 1 aromatic carbocycles. The molecule has 0 spiro atoms. The van der Waals surface area contributed by atoms with Crippen molar-refractivity contribution < 1.29 is 9.53 Å². The molecule has 2 saturated heterocycles. The Labute approximate surface area is 151 Å². The number of rotatable bonds is 5. The minimum Gasteiger partial charge on any atom is -0.494 e. The van der Waals surface area contributed by atoms with E-state index in [1.807, 2.05) is 36.1 Å². The Balaban J connectivity index is 1.51. The third-order valence-electron chi connectivity index (χ3n) is 5.44. The average Bonchev–Trinajstić information content (AvgIpc) is 2.64. The maximum Gasteiger partial charge on any atom is 0.254 e. The lowest BCUT2D eigenvalue weighted by Gasteiger charge is -2.40. The second kappa shape index (κ2) is 8.68. The number of likely N-dealkylation sites (tertiary alicyclic amines) is 1. The molecule has 0 N–H and O–H groups in total. The maximum atomic E-state index is 12.7. The summed E-state index contributed by atoms with van der Waals surface area (Å²) in [6.45, 7) is 8.51. The first-order chi connectivity index (χ1) is 12.2. The van der Waals surface area contributed by atoms with E-state index in [0.29, 0.717) is 12.6 Å². The number of nitrogens with zero attached hydrogens (tertiary/aromatic N) is 3. The Hall–Kier alpha value is -1.59. The van der Waals surface area contributed by atoms with Crippen molar-refractivity contribution >= 4 is 5.91 Å². The van der Waals surface area contributed by atoms with Crippen LogP contribution in [-0.2, 0) is 0 Å². The van der Waals surface area contributed by atoms with Gasteiger partial charge in [-0.3, -0.25) is 9.69 Å². The maximum absolute atomic E-state index is 12.7. The fraction of sp³-hybridized carbons (Fsp3) is 0.650. The van der Waals surface area contributed by atoms with Gasteiger partial charge < -0.3 is 14.5 Å². The zero-order valence-electron chi connectivity index (χ0n) is 15.6. The van der Waals surface area contributed by atoms with Crippen LogP contribution in [0, 0.1) is 0 Å². The molecule has 2 aliphatic heterocycles. The Morgan fingerprint density at radius 2 is 1.96 bits per heavy atom. The third kappa shape index (κ3) is 4.73. The molecule has 2 fully saturated rings. The molecule has 1 atom stereocenters. The molecule has 1 amide bonds. The smallest absolute Gasteiger partial charge is 0.254 e. The van der Waals surface area contributed by atoms with Crippen molar-refractivity contribution in [3.05, 3.63) is 29.8 Å². The van der Waals surface area contributed by atoms with Gasteiger partial charge in [0.15, 0.2) is 0 Å². The molecule has 25 heavy (non-hydrogen) atoms. The molecule has 0 saturated carbocycles. The van der Waals surface area contributed by atoms with Crippen LogP contribution in [-0.4, -0.2) is 79.6 Å². The summed E-state index contributed by atoms with van der Waals surface area (Å²) in [7, 11) is 2.25. The monoisotopic (exact) mass is 345 g/mol. The van der Waals surface area contributed by atoms with Crippen LogP contribution in [0.1, 0.15) is 36.5 Å². The molecule has 3 rings (SSSR count). The Kier molecular flexibility index (Phi) is 6.32. The lowest BCUT2D eigenvalue weighted by molar-refractivity contribution is 0.0564. The van der Waals surface area contributed by atoms with Crippen molar-refractivity contribution in [2.24, 2.45) is 0 Å². The highest BCUT2D eigenvalue weighted by Crippen LogP contribution is 2.18. The van der Waals surface area contributed by atoms with Gasteiger partial charge in [-0.1, -0.05) is 12.5 Å². The summed E-state index contributed by atoms with van der Waals surface area (Å²) in [5.41, 5.74) is 0.728. The number of hydrogen-bond acceptors (Lipinski definition) is 4. The summed E-state index contributed by atoms with van der Waals surface area (Å²) in [4.78, 5) is 19.7. The zero-order chi connectivity index (χ0) is 17.6. The molecule has 1 unspecified atom stereocenters. The largest absolute Gasteiger partial charge is 0.494 e. The summed E-state index contributed by atoms with van der Waals surface area (Å²) in [6, 6.07) is 8.22. The van der Waals surface area contributed by atoms with Gasteiger partial charge in [0.1, 0.15) is 5.75 Å². The van der Waals surface area contributed by atoms with Crippen molar-refractivity contribution in [2.45, 2.75) is 32.2 Å². The minimum absolute atomic E-state index is 0.121. The zero-order valence-corrected chi connectivity index (χ0v) is 15.6. The molecular formula is C20H31N3O2. The molecular weight excluding hydrogens is 314 g/mol. The van der Waals surface area contributed by atoms with E-state index >= 15 is 0 Å². The van der Waals surface area contributed by atoms with E-state index in [-0.39, 0.29) is 5.91 Å². The third-order valence-corrected chi connectivity index (χ3v) is 5.44. The van der Waals surface area contributed by atoms with Crippen LogP contribution < -0.4 is 4.74 Å². The van der Waals surface area contributed by atoms with Crippen LogP contribution in [0.5, 0.6) is 5.75 Å². The van der Waals surface area contributed by atoms with E-state index in [4.69, 9.17) is 4.74 Å². The van der Waals surface area contributed by atoms with E-state index in [0.717, 1.165) is 44.0 Å². The summed E-state index contributed by atoms with van der Waals surface area (Å²) in [6.07, 6.45) is 3.99. The van der Waals surface area contributed by atoms with Gasteiger partial charge in [0.25, 0.3) is 5.91 Å². The lowest BCUT2D eigenvalue weighted by Crippen LogP contribution is -2.53. The molecule has 0 aliphatic carbocycles. The van der Waals surface area contributed by atoms with E-state index in [1.54, 1.807) is 0 Å². The van der Waals surface area contributed by atoms with Gasteiger partial charge in [0.05, 0.1) is 6.61 Å². The standard InChI is InChI=1S/C20H31N3O2/c1-3-25-19-9-6-7-17(15-19)20(24)23-13-11-22(12-14-23)16-18-8-4-5-10-21(18)2/h6-7,9,15,18H,3-5,8,10-14,16H2,1-2H3. The lowest BCUT2D eigenvalue weighted by atomic mass is 10.0. The quantitative estimate of drug-likeness (QED) is 0.821. The molecule has 5 heteroatoms. The number of piperazine rings is 1. The van der Waals surface area contributed by atoms with Crippen molar-refractivity contribution in [2.75, 3.05) is 52.9 Å². The van der Waals surface area contributed by atoms with E-state index in [1.165, 1.54) is 25.8 Å². The molecule has 2 aliphatic rings. The molecule has 138 valence electrons. The molecule has 1 aromatic rings. The summed E-state index contributed by atoms with van der Waals surface area (Å²) < 4.78 is 5.51. The predicted octanol–water partition coefficient (Wildman–Crippen LogP) is 2.33. The number of ether oxygens (including phenoxy) is 1. The number of carbonyl (C=O) groups is 1. The topological polar surface area (TPSA) is 36.0 Å². The number of amides is 1. The Morgan fingerprint density at radius 1 is 1.16 bits per heavy atom. The molecule has 0 radical (unpaired) electrons. The van der Waals surface area contributed by atoms with Crippen LogP contribution in [0.3, 0.4) is 0 Å². The van der Waals surface area contributed by atoms with Gasteiger partial charge in [-0.05, 0) is 51.6 Å². The van der Waals surface area contributed by atoms with Crippen molar-refractivity contribution in [3.8, 4) is 5.75 Å². The van der Waals surface area contributed by atoms with Crippen molar-refractivity contribution in [3.63, 3.8) is 0 Å². The van der Waals surface area contributed by atoms with Crippen LogP contribution in [0.25, 0.3) is 0 Å². The fourth-order valence-electron chi connectivity index (χ4n) is 3.87. The number of piperidine rings is 1. The Bertz CT molecular complexity index is 570. The minimum atomic E-state index is 0.121. The summed E-state index contributed by atoms with van der Waals surface area (Å²) in [5.74, 6) is 0.892. The van der Waals surface area contributed by atoms with Crippen molar-refractivity contribution in [1.82, 2.24) is 14.7 Å². The average molecular weight is 345 g/mol. The van der Waals surface area contributed by atoms with Gasteiger partial charge in [0, 0.05) is 44.3 Å². The van der Waals surface area contributed by atoms with Gasteiger partial charge in [-0.15, -0.1) is 0 Å². The highest BCUT2D eigenvalue weighted by molar-refractivity contribution is 5.94. The van der Waals surface area contributed by atoms with Crippen LogP contribution in [0.4, 0.5) is 0 Å². The number of carbonyl (C=O) groups excluding carboxylic acids is 1. The van der Waals surface area contributed by atoms with Gasteiger partial charge in [0.2, 0.25) is 0 Å².